The van der Waals surface area contributed by atoms with Crippen molar-refractivity contribution in [3.05, 3.63) is 23.8 Å². The number of furan rings is 1. The monoisotopic (exact) mass is 335 g/mol. The lowest BCUT2D eigenvalue weighted by atomic mass is 10.1. The number of rotatable bonds is 6. The largest absolute Gasteiger partial charge is 0.516 e. The van der Waals surface area contributed by atoms with Crippen molar-refractivity contribution < 1.29 is 23.4 Å². The Morgan fingerprint density at radius 1 is 1.29 bits per heavy atom. The molecule has 6 heteroatoms. The molecule has 0 unspecified atom stereocenters. The highest BCUT2D eigenvalue weighted by atomic mass is 16.8. The quantitative estimate of drug-likeness (QED) is 0.634. The van der Waals surface area contributed by atoms with Crippen LogP contribution in [0.2, 0.25) is 0 Å². The van der Waals surface area contributed by atoms with Gasteiger partial charge in [-0.25, -0.2) is 4.79 Å². The van der Waals surface area contributed by atoms with Crippen LogP contribution in [0.1, 0.15) is 33.3 Å². The van der Waals surface area contributed by atoms with E-state index < -0.39 is 6.16 Å². The van der Waals surface area contributed by atoms with E-state index >= 15 is 0 Å². The van der Waals surface area contributed by atoms with Crippen molar-refractivity contribution in [2.45, 2.75) is 40.2 Å². The van der Waals surface area contributed by atoms with Crippen LogP contribution in [0.5, 0.6) is 11.7 Å². The van der Waals surface area contributed by atoms with Crippen molar-refractivity contribution in [1.29, 1.82) is 0 Å². The van der Waals surface area contributed by atoms with E-state index in [2.05, 4.69) is 26.1 Å². The lowest BCUT2D eigenvalue weighted by Crippen LogP contribution is -2.38. The molecule has 0 saturated heterocycles. The highest BCUT2D eigenvalue weighted by Crippen LogP contribution is 2.37. The lowest BCUT2D eigenvalue weighted by molar-refractivity contribution is 0.0953. The van der Waals surface area contributed by atoms with Gasteiger partial charge in [0.2, 0.25) is 0 Å². The number of aryl methyl sites for hydroxylation is 1. The predicted molar refractivity (Wildman–Crippen MR) is 91.9 cm³/mol. The first-order chi connectivity index (χ1) is 11.3. The molecule has 1 N–H and O–H groups in total. The molecule has 1 heterocycles. The molecular weight excluding hydrogens is 310 g/mol. The van der Waals surface area contributed by atoms with Gasteiger partial charge >= 0.3 is 6.16 Å². The summed E-state index contributed by atoms with van der Waals surface area (Å²) in [6.45, 7) is 11.3. The number of hydrogen-bond donors (Lipinski definition) is 1. The number of fused-ring (bicyclic) bond motifs is 1. The zero-order chi connectivity index (χ0) is 17.7. The number of carbonyl (C=O) groups excluding carboxylic acids is 1. The van der Waals surface area contributed by atoms with Crippen LogP contribution in [-0.4, -0.2) is 31.5 Å². The fourth-order valence-electron chi connectivity index (χ4n) is 2.27. The van der Waals surface area contributed by atoms with E-state index in [-0.39, 0.29) is 18.1 Å². The molecular formula is C18H25NO5. The van der Waals surface area contributed by atoms with Gasteiger partial charge in [-0.05, 0) is 46.8 Å². The Kier molecular flexibility index (Phi) is 5.72. The van der Waals surface area contributed by atoms with Crippen LogP contribution in [0.15, 0.2) is 22.6 Å². The second-order valence-electron chi connectivity index (χ2n) is 6.45. The van der Waals surface area contributed by atoms with Gasteiger partial charge in [-0.2, -0.15) is 0 Å². The van der Waals surface area contributed by atoms with Gasteiger partial charge in [-0.15, -0.1) is 0 Å². The van der Waals surface area contributed by atoms with Gasteiger partial charge in [0.1, 0.15) is 17.9 Å². The molecule has 0 atom stereocenters. The van der Waals surface area contributed by atoms with Gasteiger partial charge in [0.15, 0.2) is 0 Å². The van der Waals surface area contributed by atoms with Gasteiger partial charge in [-0.1, -0.05) is 6.07 Å². The van der Waals surface area contributed by atoms with Crippen LogP contribution >= 0.6 is 0 Å². The average molecular weight is 335 g/mol. The summed E-state index contributed by atoms with van der Waals surface area (Å²) >= 11 is 0. The molecule has 24 heavy (non-hydrogen) atoms. The molecule has 0 aliphatic carbocycles. The third kappa shape index (κ3) is 4.64. The first kappa shape index (κ1) is 18.1. The van der Waals surface area contributed by atoms with Crippen molar-refractivity contribution in [1.82, 2.24) is 5.32 Å². The maximum atomic E-state index is 11.5. The van der Waals surface area contributed by atoms with E-state index in [0.717, 1.165) is 11.9 Å². The molecule has 6 nitrogen and oxygen atoms in total. The number of hydrogen-bond acceptors (Lipinski definition) is 6. The summed E-state index contributed by atoms with van der Waals surface area (Å²) in [6, 6.07) is 5.52. The Labute approximate surface area is 142 Å². The van der Waals surface area contributed by atoms with Crippen molar-refractivity contribution in [3.8, 4) is 11.7 Å². The maximum absolute atomic E-state index is 11.5. The van der Waals surface area contributed by atoms with Gasteiger partial charge in [0.05, 0.1) is 12.0 Å². The zero-order valence-corrected chi connectivity index (χ0v) is 14.9. The highest BCUT2D eigenvalue weighted by Gasteiger charge is 2.19. The zero-order valence-electron chi connectivity index (χ0n) is 14.9. The van der Waals surface area contributed by atoms with Crippen molar-refractivity contribution in [2.75, 3.05) is 19.8 Å². The molecule has 0 radical (unpaired) electrons. The first-order valence-corrected chi connectivity index (χ1v) is 8.06. The first-order valence-electron chi connectivity index (χ1n) is 8.06. The van der Waals surface area contributed by atoms with Gasteiger partial charge in [-0.3, -0.25) is 0 Å². The SMILES string of the molecule is CCOC(=O)Oc1oc2cccc(OCCNC(C)(C)C)c2c1C. The van der Waals surface area contributed by atoms with E-state index in [4.69, 9.17) is 18.6 Å². The fourth-order valence-corrected chi connectivity index (χ4v) is 2.27. The minimum absolute atomic E-state index is 0.0432. The molecule has 0 spiro atoms. The second kappa shape index (κ2) is 7.57. The number of ether oxygens (including phenoxy) is 3. The summed E-state index contributed by atoms with van der Waals surface area (Å²) in [5.74, 6) is 0.829. The van der Waals surface area contributed by atoms with Crippen molar-refractivity contribution >= 4 is 17.1 Å². The number of nitrogens with one attached hydrogen (secondary N) is 1. The summed E-state index contributed by atoms with van der Waals surface area (Å²) in [7, 11) is 0. The Bertz CT molecular complexity index is 699. The predicted octanol–water partition coefficient (Wildman–Crippen LogP) is 4.04. The molecule has 0 aliphatic heterocycles. The van der Waals surface area contributed by atoms with Crippen LogP contribution in [0.3, 0.4) is 0 Å². The molecule has 0 bridgehead atoms. The minimum atomic E-state index is -0.781. The molecule has 2 aromatic rings. The van der Waals surface area contributed by atoms with Crippen molar-refractivity contribution in [2.24, 2.45) is 0 Å². The summed E-state index contributed by atoms with van der Waals surface area (Å²) in [5.41, 5.74) is 1.35. The summed E-state index contributed by atoms with van der Waals surface area (Å²) < 4.78 is 21.3. The standard InChI is InChI=1S/C18H25NO5/c1-6-21-17(20)24-16-12(2)15-13(8-7-9-14(15)23-16)22-11-10-19-18(3,4)5/h7-9,19H,6,10-11H2,1-5H3. The van der Waals surface area contributed by atoms with E-state index in [1.54, 1.807) is 13.0 Å². The van der Waals surface area contributed by atoms with Crippen molar-refractivity contribution in [3.63, 3.8) is 0 Å². The third-order valence-corrected chi connectivity index (χ3v) is 3.33. The van der Waals surface area contributed by atoms with Crippen LogP contribution in [0, 0.1) is 6.92 Å². The van der Waals surface area contributed by atoms with E-state index in [1.165, 1.54) is 0 Å². The number of benzene rings is 1. The molecule has 132 valence electrons. The Hall–Kier alpha value is -2.21. The smallest absolute Gasteiger partial charge is 0.491 e. The lowest BCUT2D eigenvalue weighted by Gasteiger charge is -2.20. The number of carbonyl (C=O) groups is 1. The summed E-state index contributed by atoms with van der Waals surface area (Å²) in [4.78, 5) is 11.5. The Balaban J connectivity index is 2.13. The van der Waals surface area contributed by atoms with Crippen LogP contribution in [0.4, 0.5) is 4.79 Å². The Morgan fingerprint density at radius 3 is 2.71 bits per heavy atom. The molecule has 1 aromatic carbocycles. The molecule has 0 amide bonds. The van der Waals surface area contributed by atoms with Gasteiger partial charge < -0.3 is 23.9 Å². The molecule has 0 aliphatic rings. The van der Waals surface area contributed by atoms with Gasteiger partial charge in [0, 0.05) is 17.6 Å². The molecule has 2 rings (SSSR count). The second-order valence-corrected chi connectivity index (χ2v) is 6.45. The summed E-state index contributed by atoms with van der Waals surface area (Å²) in [6.07, 6.45) is -0.781. The normalized spacial score (nSPS) is 11.5. The van der Waals surface area contributed by atoms with Gasteiger partial charge in [0.25, 0.3) is 5.95 Å². The maximum Gasteiger partial charge on any atom is 0.516 e. The van der Waals surface area contributed by atoms with E-state index in [0.29, 0.717) is 23.5 Å². The third-order valence-electron chi connectivity index (χ3n) is 3.33. The van der Waals surface area contributed by atoms with Crippen LogP contribution < -0.4 is 14.8 Å². The average Bonchev–Trinajstić information content (AvgIpc) is 2.80. The van der Waals surface area contributed by atoms with Crippen LogP contribution in [-0.2, 0) is 4.74 Å². The molecule has 0 fully saturated rings. The fraction of sp³-hybridized carbons (Fsp3) is 0.500. The minimum Gasteiger partial charge on any atom is -0.491 e. The molecule has 0 saturated carbocycles. The van der Waals surface area contributed by atoms with Crippen LogP contribution in [0.25, 0.3) is 11.0 Å². The molecule has 1 aromatic heterocycles. The topological polar surface area (TPSA) is 69.9 Å². The Morgan fingerprint density at radius 2 is 2.04 bits per heavy atom. The summed E-state index contributed by atoms with van der Waals surface area (Å²) in [5, 5.41) is 4.16. The van der Waals surface area contributed by atoms with E-state index in [1.807, 2.05) is 19.1 Å². The van der Waals surface area contributed by atoms with E-state index in [9.17, 15) is 4.79 Å². The highest BCUT2D eigenvalue weighted by molar-refractivity contribution is 5.89.